The van der Waals surface area contributed by atoms with Gasteiger partial charge in [-0.25, -0.2) is 4.98 Å². The SMILES string of the molecule is CC(NCCc1cscn1)C1CC1. The van der Waals surface area contributed by atoms with Crippen molar-refractivity contribution in [1.82, 2.24) is 10.3 Å². The molecule has 2 nitrogen and oxygen atoms in total. The van der Waals surface area contributed by atoms with E-state index < -0.39 is 0 Å². The summed E-state index contributed by atoms with van der Waals surface area (Å²) in [6, 6.07) is 0.707. The van der Waals surface area contributed by atoms with Crippen LogP contribution in [0.4, 0.5) is 0 Å². The lowest BCUT2D eigenvalue weighted by molar-refractivity contribution is 0.499. The van der Waals surface area contributed by atoms with Crippen LogP contribution in [0.15, 0.2) is 10.9 Å². The highest BCUT2D eigenvalue weighted by Crippen LogP contribution is 2.32. The summed E-state index contributed by atoms with van der Waals surface area (Å²) < 4.78 is 0. The van der Waals surface area contributed by atoms with Gasteiger partial charge < -0.3 is 5.32 Å². The average Bonchev–Trinajstić information content (AvgIpc) is 2.86. The van der Waals surface area contributed by atoms with Gasteiger partial charge in [-0.2, -0.15) is 0 Å². The van der Waals surface area contributed by atoms with Crippen LogP contribution in [0.3, 0.4) is 0 Å². The van der Waals surface area contributed by atoms with Crippen LogP contribution in [0.2, 0.25) is 0 Å². The summed E-state index contributed by atoms with van der Waals surface area (Å²) in [5.41, 5.74) is 3.13. The molecular formula is C10H16N2S. The Morgan fingerprint density at radius 1 is 1.69 bits per heavy atom. The molecule has 1 aromatic rings. The highest BCUT2D eigenvalue weighted by Gasteiger charge is 2.27. The number of hydrogen-bond donors (Lipinski definition) is 1. The standard InChI is InChI=1S/C10H16N2S/c1-8(9-2-3-9)11-5-4-10-6-13-7-12-10/h6-9,11H,2-5H2,1H3. The van der Waals surface area contributed by atoms with Crippen molar-refractivity contribution in [3.63, 3.8) is 0 Å². The zero-order valence-corrected chi connectivity index (χ0v) is 8.81. The van der Waals surface area contributed by atoms with Crippen LogP contribution in [-0.4, -0.2) is 17.6 Å². The molecule has 0 spiro atoms. The molecule has 1 heterocycles. The summed E-state index contributed by atoms with van der Waals surface area (Å²) in [5, 5.41) is 5.68. The van der Waals surface area contributed by atoms with Gasteiger partial charge in [0, 0.05) is 24.4 Å². The molecule has 72 valence electrons. The second kappa shape index (κ2) is 4.20. The van der Waals surface area contributed by atoms with Gasteiger partial charge in [0.2, 0.25) is 0 Å². The summed E-state index contributed by atoms with van der Waals surface area (Å²) in [4.78, 5) is 4.25. The molecule has 0 radical (unpaired) electrons. The number of nitrogens with one attached hydrogen (secondary N) is 1. The Hall–Kier alpha value is -0.410. The summed E-state index contributed by atoms with van der Waals surface area (Å²) in [6.07, 6.45) is 3.91. The zero-order chi connectivity index (χ0) is 9.10. The minimum Gasteiger partial charge on any atom is -0.314 e. The third-order valence-electron chi connectivity index (χ3n) is 2.66. The summed E-state index contributed by atoms with van der Waals surface area (Å²) in [5.74, 6) is 0.954. The third-order valence-corrected chi connectivity index (χ3v) is 3.30. The average molecular weight is 196 g/mol. The normalized spacial score (nSPS) is 18.8. The van der Waals surface area contributed by atoms with Crippen LogP contribution < -0.4 is 5.32 Å². The first-order valence-corrected chi connectivity index (χ1v) is 5.91. The van der Waals surface area contributed by atoms with Crippen LogP contribution in [0, 0.1) is 5.92 Å². The summed E-state index contributed by atoms with van der Waals surface area (Å²) >= 11 is 1.68. The van der Waals surface area contributed by atoms with Gasteiger partial charge in [-0.15, -0.1) is 11.3 Å². The third kappa shape index (κ3) is 2.78. The van der Waals surface area contributed by atoms with Crippen molar-refractivity contribution in [2.75, 3.05) is 6.54 Å². The minimum absolute atomic E-state index is 0.707. The Kier molecular flexibility index (Phi) is 2.96. The van der Waals surface area contributed by atoms with E-state index in [1.807, 2.05) is 5.51 Å². The molecule has 1 N–H and O–H groups in total. The molecule has 1 atom stereocenters. The molecular weight excluding hydrogens is 180 g/mol. The van der Waals surface area contributed by atoms with Gasteiger partial charge in [-0.05, 0) is 25.7 Å². The first-order valence-electron chi connectivity index (χ1n) is 4.96. The van der Waals surface area contributed by atoms with E-state index in [0.717, 1.165) is 18.9 Å². The zero-order valence-electron chi connectivity index (χ0n) is 7.99. The van der Waals surface area contributed by atoms with Crippen LogP contribution in [0.5, 0.6) is 0 Å². The maximum absolute atomic E-state index is 4.25. The fourth-order valence-electron chi connectivity index (χ4n) is 1.55. The molecule has 13 heavy (non-hydrogen) atoms. The van der Waals surface area contributed by atoms with Crippen molar-refractivity contribution in [2.24, 2.45) is 5.92 Å². The highest BCUT2D eigenvalue weighted by molar-refractivity contribution is 7.07. The predicted molar refractivity (Wildman–Crippen MR) is 56.0 cm³/mol. The van der Waals surface area contributed by atoms with Gasteiger partial charge in [0.15, 0.2) is 0 Å². The monoisotopic (exact) mass is 196 g/mol. The van der Waals surface area contributed by atoms with Gasteiger partial charge in [0.1, 0.15) is 0 Å². The molecule has 0 saturated heterocycles. The second-order valence-corrected chi connectivity index (χ2v) is 4.53. The number of nitrogens with zero attached hydrogens (tertiary/aromatic N) is 1. The van der Waals surface area contributed by atoms with E-state index in [1.165, 1.54) is 18.5 Å². The smallest absolute Gasteiger partial charge is 0.0794 e. The van der Waals surface area contributed by atoms with E-state index in [1.54, 1.807) is 11.3 Å². The van der Waals surface area contributed by atoms with E-state index in [-0.39, 0.29) is 0 Å². The summed E-state index contributed by atoms with van der Waals surface area (Å²) in [6.45, 7) is 3.36. The van der Waals surface area contributed by atoms with Crippen LogP contribution >= 0.6 is 11.3 Å². The van der Waals surface area contributed by atoms with Gasteiger partial charge in [0.25, 0.3) is 0 Å². The molecule has 0 aliphatic heterocycles. The molecule has 2 rings (SSSR count). The van der Waals surface area contributed by atoms with Gasteiger partial charge in [-0.1, -0.05) is 0 Å². The fraction of sp³-hybridized carbons (Fsp3) is 0.700. The minimum atomic E-state index is 0.707. The van der Waals surface area contributed by atoms with Gasteiger partial charge in [-0.3, -0.25) is 0 Å². The lowest BCUT2D eigenvalue weighted by Crippen LogP contribution is -2.29. The van der Waals surface area contributed by atoms with Crippen LogP contribution in [0.1, 0.15) is 25.5 Å². The topological polar surface area (TPSA) is 24.9 Å². The fourth-order valence-corrected chi connectivity index (χ4v) is 2.14. The molecule has 0 bridgehead atoms. The molecule has 1 aliphatic carbocycles. The lowest BCUT2D eigenvalue weighted by Gasteiger charge is -2.11. The van der Waals surface area contributed by atoms with E-state index in [9.17, 15) is 0 Å². The van der Waals surface area contributed by atoms with Gasteiger partial charge in [0.05, 0.1) is 11.2 Å². The number of aromatic nitrogens is 1. The van der Waals surface area contributed by atoms with Crippen LogP contribution in [-0.2, 0) is 6.42 Å². The molecule has 1 aliphatic rings. The van der Waals surface area contributed by atoms with E-state index in [2.05, 4.69) is 22.6 Å². The van der Waals surface area contributed by atoms with Crippen molar-refractivity contribution in [2.45, 2.75) is 32.2 Å². The Morgan fingerprint density at radius 2 is 2.54 bits per heavy atom. The predicted octanol–water partition coefficient (Wildman–Crippen LogP) is 2.07. The number of hydrogen-bond acceptors (Lipinski definition) is 3. The highest BCUT2D eigenvalue weighted by atomic mass is 32.1. The van der Waals surface area contributed by atoms with Crippen molar-refractivity contribution >= 4 is 11.3 Å². The Labute approximate surface area is 83.4 Å². The van der Waals surface area contributed by atoms with Crippen molar-refractivity contribution < 1.29 is 0 Å². The maximum Gasteiger partial charge on any atom is 0.0794 e. The molecule has 1 aromatic heterocycles. The quantitative estimate of drug-likeness (QED) is 0.780. The van der Waals surface area contributed by atoms with Gasteiger partial charge >= 0.3 is 0 Å². The largest absolute Gasteiger partial charge is 0.314 e. The van der Waals surface area contributed by atoms with Crippen LogP contribution in [0.25, 0.3) is 0 Å². The van der Waals surface area contributed by atoms with E-state index >= 15 is 0 Å². The maximum atomic E-state index is 4.25. The van der Waals surface area contributed by atoms with Crippen molar-refractivity contribution in [3.8, 4) is 0 Å². The first-order chi connectivity index (χ1) is 6.36. The van der Waals surface area contributed by atoms with Crippen molar-refractivity contribution in [3.05, 3.63) is 16.6 Å². The molecule has 1 fully saturated rings. The number of thiazole rings is 1. The van der Waals surface area contributed by atoms with E-state index in [0.29, 0.717) is 6.04 Å². The lowest BCUT2D eigenvalue weighted by atomic mass is 10.2. The molecule has 0 aromatic carbocycles. The molecule has 0 amide bonds. The second-order valence-electron chi connectivity index (χ2n) is 3.81. The first kappa shape index (κ1) is 9.16. The Balaban J connectivity index is 1.63. The molecule has 3 heteroatoms. The Bertz CT molecular complexity index is 241. The molecule has 1 saturated carbocycles. The van der Waals surface area contributed by atoms with Crippen molar-refractivity contribution in [1.29, 1.82) is 0 Å². The molecule has 1 unspecified atom stereocenters. The Morgan fingerprint density at radius 3 is 3.15 bits per heavy atom. The number of rotatable bonds is 5. The van der Waals surface area contributed by atoms with E-state index in [4.69, 9.17) is 0 Å². The summed E-state index contributed by atoms with van der Waals surface area (Å²) in [7, 11) is 0.